The van der Waals surface area contributed by atoms with Gasteiger partial charge in [0.2, 0.25) is 0 Å². The van der Waals surface area contributed by atoms with Crippen LogP contribution in [0.25, 0.3) is 32.8 Å². The predicted molar refractivity (Wildman–Crippen MR) is 172 cm³/mol. The SMILES string of the molecule is CCCSNc1ccc(F)c(C(=O)N[C@@H](Cc2cccc3c(-c4c(C(F)(F)F)c5ccccc5n(C)c4=O)cccc23)C(=O)O)c1F. The Hall–Kier alpha value is -4.91. The Kier molecular flexibility index (Phi) is 9.57. The molecule has 3 N–H and O–H groups in total. The number of rotatable bonds is 10. The molecule has 5 aromatic rings. The number of anilines is 1. The van der Waals surface area contributed by atoms with Crippen molar-refractivity contribution < 1.29 is 36.6 Å². The zero-order chi connectivity index (χ0) is 34.0. The van der Waals surface area contributed by atoms with Gasteiger partial charge in [-0.05, 0) is 46.5 Å². The highest BCUT2D eigenvalue weighted by Gasteiger charge is 2.38. The second kappa shape index (κ2) is 13.4. The van der Waals surface area contributed by atoms with Crippen LogP contribution < -0.4 is 15.6 Å². The van der Waals surface area contributed by atoms with Crippen molar-refractivity contribution in [3.05, 3.63) is 111 Å². The lowest BCUT2D eigenvalue weighted by atomic mass is 9.90. The van der Waals surface area contributed by atoms with Gasteiger partial charge in [0.05, 0.1) is 22.3 Å². The first-order chi connectivity index (χ1) is 22.3. The molecule has 0 aliphatic carbocycles. The van der Waals surface area contributed by atoms with Gasteiger partial charge >= 0.3 is 12.1 Å². The van der Waals surface area contributed by atoms with Crippen LogP contribution in [0.15, 0.2) is 77.6 Å². The average Bonchev–Trinajstić information content (AvgIpc) is 3.03. The smallest absolute Gasteiger partial charge is 0.417 e. The van der Waals surface area contributed by atoms with Crippen LogP contribution in [0.3, 0.4) is 0 Å². The molecule has 0 unspecified atom stereocenters. The largest absolute Gasteiger partial charge is 0.480 e. The van der Waals surface area contributed by atoms with Crippen LogP contribution in [0.1, 0.15) is 34.8 Å². The molecule has 47 heavy (non-hydrogen) atoms. The Bertz CT molecular complexity index is 2080. The summed E-state index contributed by atoms with van der Waals surface area (Å²) >= 11 is 1.15. The highest BCUT2D eigenvalue weighted by Crippen LogP contribution is 2.42. The number of carboxylic acids is 1. The molecule has 7 nitrogen and oxygen atoms in total. The van der Waals surface area contributed by atoms with Crippen molar-refractivity contribution in [2.45, 2.75) is 32.0 Å². The second-order valence-corrected chi connectivity index (χ2v) is 11.7. The number of para-hydroxylation sites is 1. The molecule has 0 saturated heterocycles. The zero-order valence-corrected chi connectivity index (χ0v) is 25.9. The number of aliphatic carboxylic acids is 1. The van der Waals surface area contributed by atoms with E-state index >= 15 is 4.39 Å². The molecule has 0 spiro atoms. The van der Waals surface area contributed by atoms with Gasteiger partial charge in [0, 0.05) is 24.6 Å². The monoisotopic (exact) mass is 669 g/mol. The lowest BCUT2D eigenvalue weighted by Gasteiger charge is -2.20. The molecule has 4 aromatic carbocycles. The molecule has 0 radical (unpaired) electrons. The molecule has 1 heterocycles. The molecule has 0 bridgehead atoms. The summed E-state index contributed by atoms with van der Waals surface area (Å²) in [6.07, 6.45) is -4.52. The Balaban J connectivity index is 1.57. The van der Waals surface area contributed by atoms with E-state index < -0.39 is 64.4 Å². The van der Waals surface area contributed by atoms with Gasteiger partial charge in [0.25, 0.3) is 11.5 Å². The molecule has 1 amide bonds. The zero-order valence-electron chi connectivity index (χ0n) is 25.0. The molecule has 244 valence electrons. The van der Waals surface area contributed by atoms with Crippen LogP contribution in [0.5, 0.6) is 0 Å². The molecule has 1 aromatic heterocycles. The number of aryl methyl sites for hydroxylation is 1. The third-order valence-electron chi connectivity index (χ3n) is 7.70. The van der Waals surface area contributed by atoms with Gasteiger partial charge in [-0.15, -0.1) is 0 Å². The lowest BCUT2D eigenvalue weighted by Crippen LogP contribution is -2.43. The maximum Gasteiger partial charge on any atom is 0.417 e. The summed E-state index contributed by atoms with van der Waals surface area (Å²) in [6.45, 7) is 1.90. The van der Waals surface area contributed by atoms with E-state index in [0.29, 0.717) is 16.7 Å². The summed E-state index contributed by atoms with van der Waals surface area (Å²) in [5, 5.41) is 12.6. The standard InChI is InChI=1S/C34H28F5N3O4S/c1-3-16-47-41-24-15-14-23(35)28(30(24)36)31(43)40-25(33(45)46)17-18-8-6-11-20-19(18)10-7-12-21(20)27-29(34(37,38)39)22-9-4-5-13-26(22)42(2)32(27)44/h4-15,25,41H,3,16-17H2,1-2H3,(H,40,43)(H,45,46)/t25-/m0/s1. The number of nitrogens with one attached hydrogen (secondary N) is 2. The van der Waals surface area contributed by atoms with Crippen molar-refractivity contribution in [1.29, 1.82) is 0 Å². The Morgan fingerprint density at radius 3 is 2.32 bits per heavy atom. The van der Waals surface area contributed by atoms with Crippen LogP contribution in [0.4, 0.5) is 27.6 Å². The number of pyridine rings is 1. The molecular weight excluding hydrogens is 641 g/mol. The summed E-state index contributed by atoms with van der Waals surface area (Å²) in [5.74, 6) is -4.58. The average molecular weight is 670 g/mol. The Morgan fingerprint density at radius 2 is 1.62 bits per heavy atom. The number of hydrogen-bond donors (Lipinski definition) is 3. The fourth-order valence-corrected chi connectivity index (χ4v) is 6.15. The van der Waals surface area contributed by atoms with Crippen molar-refractivity contribution in [2.24, 2.45) is 7.05 Å². The quantitative estimate of drug-likeness (QED) is 0.0807. The molecular formula is C34H28F5N3O4S. The van der Waals surface area contributed by atoms with E-state index in [4.69, 9.17) is 0 Å². The third-order valence-corrected chi connectivity index (χ3v) is 8.68. The van der Waals surface area contributed by atoms with E-state index in [0.717, 1.165) is 35.1 Å². The predicted octanol–water partition coefficient (Wildman–Crippen LogP) is 7.55. The van der Waals surface area contributed by atoms with Crippen LogP contribution in [0, 0.1) is 11.6 Å². The number of nitrogens with zero attached hydrogens (tertiary/aromatic N) is 1. The van der Waals surface area contributed by atoms with Gasteiger partial charge in [-0.25, -0.2) is 13.6 Å². The number of halogens is 5. The summed E-state index contributed by atoms with van der Waals surface area (Å²) < 4.78 is 77.5. The topological polar surface area (TPSA) is 100 Å². The number of hydrogen-bond acceptors (Lipinski definition) is 5. The summed E-state index contributed by atoms with van der Waals surface area (Å²) in [6, 6.07) is 14.9. The summed E-state index contributed by atoms with van der Waals surface area (Å²) in [7, 11) is 1.38. The second-order valence-electron chi connectivity index (χ2n) is 10.7. The molecule has 0 aliphatic rings. The summed E-state index contributed by atoms with van der Waals surface area (Å²) in [5.41, 5.74) is -3.28. The van der Waals surface area contributed by atoms with Crippen molar-refractivity contribution >= 4 is 51.2 Å². The number of carbonyl (C=O) groups is 2. The maximum atomic E-state index is 15.1. The highest BCUT2D eigenvalue weighted by molar-refractivity contribution is 8.00. The first-order valence-electron chi connectivity index (χ1n) is 14.4. The Labute approximate surface area is 269 Å². The van der Waals surface area contributed by atoms with Gasteiger partial charge in [-0.3, -0.25) is 9.59 Å². The molecule has 0 fully saturated rings. The minimum Gasteiger partial charge on any atom is -0.480 e. The Morgan fingerprint density at radius 1 is 0.936 bits per heavy atom. The lowest BCUT2D eigenvalue weighted by molar-refractivity contribution is -0.139. The minimum atomic E-state index is -4.90. The maximum absolute atomic E-state index is 15.1. The van der Waals surface area contributed by atoms with Gasteiger partial charge in [-0.1, -0.05) is 73.5 Å². The van der Waals surface area contributed by atoms with E-state index in [2.05, 4.69) is 10.0 Å². The van der Waals surface area contributed by atoms with E-state index in [9.17, 15) is 37.1 Å². The van der Waals surface area contributed by atoms with Crippen molar-refractivity contribution in [1.82, 2.24) is 9.88 Å². The van der Waals surface area contributed by atoms with Gasteiger partial charge in [0.15, 0.2) is 5.82 Å². The number of alkyl halides is 3. The third kappa shape index (κ3) is 6.53. The number of amides is 1. The van der Waals surface area contributed by atoms with Crippen LogP contribution in [-0.4, -0.2) is 33.3 Å². The van der Waals surface area contributed by atoms with E-state index in [1.54, 1.807) is 6.07 Å². The van der Waals surface area contributed by atoms with Gasteiger partial charge in [-0.2, -0.15) is 13.2 Å². The van der Waals surface area contributed by atoms with E-state index in [1.165, 1.54) is 61.6 Å². The number of aromatic nitrogens is 1. The molecule has 1 atom stereocenters. The van der Waals surface area contributed by atoms with Crippen molar-refractivity contribution in [2.75, 3.05) is 10.5 Å². The first kappa shape index (κ1) is 33.5. The fraction of sp³-hybridized carbons (Fsp3) is 0.206. The summed E-state index contributed by atoms with van der Waals surface area (Å²) in [4.78, 5) is 38.9. The van der Waals surface area contributed by atoms with E-state index in [-0.39, 0.29) is 27.5 Å². The number of fused-ring (bicyclic) bond motifs is 2. The molecule has 13 heteroatoms. The normalized spacial score (nSPS) is 12.3. The van der Waals surface area contributed by atoms with E-state index in [1.807, 2.05) is 6.92 Å². The first-order valence-corrected chi connectivity index (χ1v) is 15.4. The highest BCUT2D eigenvalue weighted by atomic mass is 32.2. The number of benzene rings is 4. The minimum absolute atomic E-state index is 0.0201. The molecule has 5 rings (SSSR count). The van der Waals surface area contributed by atoms with Crippen molar-refractivity contribution in [3.63, 3.8) is 0 Å². The van der Waals surface area contributed by atoms with Gasteiger partial charge in [0.1, 0.15) is 17.4 Å². The van der Waals surface area contributed by atoms with Crippen LogP contribution in [0.2, 0.25) is 0 Å². The number of carboxylic acid groups (broad SMARTS) is 1. The molecule has 0 saturated carbocycles. The molecule has 0 aliphatic heterocycles. The van der Waals surface area contributed by atoms with Crippen molar-refractivity contribution in [3.8, 4) is 11.1 Å². The fourth-order valence-electron chi connectivity index (χ4n) is 5.53. The van der Waals surface area contributed by atoms with Crippen LogP contribution in [-0.2, 0) is 24.4 Å². The van der Waals surface area contributed by atoms with Crippen LogP contribution >= 0.6 is 11.9 Å². The van der Waals surface area contributed by atoms with Gasteiger partial charge < -0.3 is 19.7 Å². The number of carbonyl (C=O) groups excluding carboxylic acids is 1.